The molecule has 1 atom stereocenters. The second-order valence-corrected chi connectivity index (χ2v) is 4.09. The van der Waals surface area contributed by atoms with Gasteiger partial charge in [-0.1, -0.05) is 18.2 Å². The first-order chi connectivity index (χ1) is 7.54. The lowest BCUT2D eigenvalue weighted by molar-refractivity contribution is -0.139. The monoisotopic (exact) mass is 240 g/mol. The van der Waals surface area contributed by atoms with Crippen LogP contribution in [0, 0.1) is 0 Å². The van der Waals surface area contributed by atoms with Crippen LogP contribution in [0.1, 0.15) is 22.8 Å². The summed E-state index contributed by atoms with van der Waals surface area (Å²) in [6.07, 6.45) is 0.161. The number of methoxy groups -OCH3 is 1. The average molecular weight is 241 g/mol. The number of alkyl halides is 1. The number of ether oxygens (including phenoxy) is 1. The van der Waals surface area contributed by atoms with Crippen LogP contribution in [0.5, 0.6) is 0 Å². The first-order valence-electron chi connectivity index (χ1n) is 4.88. The second kappa shape index (κ2) is 5.66. The van der Waals surface area contributed by atoms with E-state index in [1.54, 1.807) is 31.2 Å². The molecule has 0 fully saturated rings. The van der Waals surface area contributed by atoms with Gasteiger partial charge >= 0.3 is 5.97 Å². The SMILES string of the molecule is COC(=O)Cc1cccc(C(=O)C(C)Cl)c1. The summed E-state index contributed by atoms with van der Waals surface area (Å²) in [7, 11) is 1.33. The zero-order valence-electron chi connectivity index (χ0n) is 9.20. The van der Waals surface area contributed by atoms with E-state index in [9.17, 15) is 9.59 Å². The van der Waals surface area contributed by atoms with Gasteiger partial charge in [0, 0.05) is 5.56 Å². The van der Waals surface area contributed by atoms with Crippen molar-refractivity contribution < 1.29 is 14.3 Å². The fraction of sp³-hybridized carbons (Fsp3) is 0.333. The molecule has 0 aromatic heterocycles. The molecule has 0 amide bonds. The van der Waals surface area contributed by atoms with Gasteiger partial charge in [-0.2, -0.15) is 0 Å². The van der Waals surface area contributed by atoms with E-state index < -0.39 is 5.38 Å². The topological polar surface area (TPSA) is 43.4 Å². The lowest BCUT2D eigenvalue weighted by atomic mass is 10.0. The molecule has 0 aliphatic rings. The predicted octanol–water partition coefficient (Wildman–Crippen LogP) is 2.21. The summed E-state index contributed by atoms with van der Waals surface area (Å²) in [5.41, 5.74) is 1.26. The molecule has 0 aliphatic carbocycles. The van der Waals surface area contributed by atoms with Crippen LogP contribution < -0.4 is 0 Å². The highest BCUT2D eigenvalue weighted by Gasteiger charge is 2.13. The van der Waals surface area contributed by atoms with Crippen LogP contribution in [0.2, 0.25) is 0 Å². The van der Waals surface area contributed by atoms with E-state index in [4.69, 9.17) is 11.6 Å². The second-order valence-electron chi connectivity index (χ2n) is 3.43. The van der Waals surface area contributed by atoms with Crippen molar-refractivity contribution in [2.24, 2.45) is 0 Å². The number of rotatable bonds is 4. The van der Waals surface area contributed by atoms with E-state index >= 15 is 0 Å². The van der Waals surface area contributed by atoms with Crippen LogP contribution >= 0.6 is 11.6 Å². The van der Waals surface area contributed by atoms with E-state index in [1.165, 1.54) is 7.11 Å². The van der Waals surface area contributed by atoms with Gasteiger partial charge in [0.1, 0.15) is 0 Å². The third kappa shape index (κ3) is 3.35. The zero-order valence-corrected chi connectivity index (χ0v) is 9.95. The first-order valence-corrected chi connectivity index (χ1v) is 5.32. The Morgan fingerprint density at radius 3 is 2.69 bits per heavy atom. The van der Waals surface area contributed by atoms with Crippen molar-refractivity contribution in [3.05, 3.63) is 35.4 Å². The van der Waals surface area contributed by atoms with Gasteiger partial charge in [0.2, 0.25) is 0 Å². The lowest BCUT2D eigenvalue weighted by Crippen LogP contribution is -2.11. The summed E-state index contributed by atoms with van der Waals surface area (Å²) in [4.78, 5) is 22.7. The van der Waals surface area contributed by atoms with Crippen molar-refractivity contribution in [1.82, 2.24) is 0 Å². The van der Waals surface area contributed by atoms with Gasteiger partial charge in [0.15, 0.2) is 5.78 Å². The summed E-state index contributed by atoms with van der Waals surface area (Å²) in [5, 5.41) is -0.562. The Hall–Kier alpha value is -1.35. The Balaban J connectivity index is 2.87. The highest BCUT2D eigenvalue weighted by atomic mass is 35.5. The van der Waals surface area contributed by atoms with Crippen molar-refractivity contribution in [1.29, 1.82) is 0 Å². The number of ketones is 1. The highest BCUT2D eigenvalue weighted by molar-refractivity contribution is 6.33. The van der Waals surface area contributed by atoms with E-state index in [2.05, 4.69) is 4.74 Å². The molecule has 1 unspecified atom stereocenters. The fourth-order valence-corrected chi connectivity index (χ4v) is 1.43. The van der Waals surface area contributed by atoms with E-state index in [1.807, 2.05) is 0 Å². The summed E-state index contributed by atoms with van der Waals surface area (Å²) < 4.78 is 4.55. The van der Waals surface area contributed by atoms with Gasteiger partial charge in [-0.25, -0.2) is 0 Å². The number of benzene rings is 1. The van der Waals surface area contributed by atoms with Gasteiger partial charge in [-0.3, -0.25) is 9.59 Å². The number of carbonyl (C=O) groups excluding carboxylic acids is 2. The Kier molecular flexibility index (Phi) is 4.50. The van der Waals surface area contributed by atoms with Crippen molar-refractivity contribution >= 4 is 23.4 Å². The summed E-state index contributed by atoms with van der Waals surface area (Å²) in [6.45, 7) is 1.62. The molecule has 0 N–H and O–H groups in total. The standard InChI is InChI=1S/C12H13ClO3/c1-8(13)12(15)10-5-3-4-9(6-10)7-11(14)16-2/h3-6,8H,7H2,1-2H3. The minimum absolute atomic E-state index is 0.145. The molecule has 0 radical (unpaired) electrons. The lowest BCUT2D eigenvalue weighted by Gasteiger charge is -2.05. The third-order valence-electron chi connectivity index (χ3n) is 2.15. The zero-order chi connectivity index (χ0) is 12.1. The quantitative estimate of drug-likeness (QED) is 0.460. The summed E-state index contributed by atoms with van der Waals surface area (Å²) in [6, 6.07) is 6.84. The molecule has 1 rings (SSSR count). The molecule has 86 valence electrons. The van der Waals surface area contributed by atoms with Gasteiger partial charge in [0.05, 0.1) is 18.9 Å². The average Bonchev–Trinajstić information content (AvgIpc) is 2.28. The number of hydrogen-bond donors (Lipinski definition) is 0. The number of hydrogen-bond acceptors (Lipinski definition) is 3. The highest BCUT2D eigenvalue weighted by Crippen LogP contribution is 2.11. The maximum Gasteiger partial charge on any atom is 0.309 e. The molecule has 16 heavy (non-hydrogen) atoms. The van der Waals surface area contributed by atoms with Crippen LogP contribution in [0.25, 0.3) is 0 Å². The number of carbonyl (C=O) groups is 2. The minimum atomic E-state index is -0.562. The summed E-state index contributed by atoms with van der Waals surface area (Å²) in [5.74, 6) is -0.475. The summed E-state index contributed by atoms with van der Waals surface area (Å²) >= 11 is 5.71. The molecular weight excluding hydrogens is 228 g/mol. The number of halogens is 1. The Morgan fingerprint density at radius 2 is 2.12 bits per heavy atom. The molecule has 0 saturated carbocycles. The van der Waals surface area contributed by atoms with Crippen molar-refractivity contribution in [2.75, 3.05) is 7.11 Å². The normalized spacial score (nSPS) is 11.9. The van der Waals surface area contributed by atoms with Crippen LogP contribution in [0.3, 0.4) is 0 Å². The van der Waals surface area contributed by atoms with Crippen molar-refractivity contribution in [2.45, 2.75) is 18.7 Å². The van der Waals surface area contributed by atoms with Crippen molar-refractivity contribution in [3.8, 4) is 0 Å². The van der Waals surface area contributed by atoms with E-state index in [0.29, 0.717) is 5.56 Å². The molecule has 3 nitrogen and oxygen atoms in total. The molecule has 1 aromatic rings. The molecule has 4 heteroatoms. The molecule has 0 spiro atoms. The van der Waals surface area contributed by atoms with E-state index in [-0.39, 0.29) is 18.2 Å². The smallest absolute Gasteiger partial charge is 0.309 e. The maximum absolute atomic E-state index is 11.6. The first kappa shape index (κ1) is 12.7. The molecule has 0 aliphatic heterocycles. The van der Waals surface area contributed by atoms with Crippen LogP contribution in [0.15, 0.2) is 24.3 Å². The Bertz CT molecular complexity index is 399. The Morgan fingerprint density at radius 1 is 1.44 bits per heavy atom. The molecule has 1 aromatic carbocycles. The molecule has 0 heterocycles. The van der Waals surface area contributed by atoms with Crippen LogP contribution in [-0.4, -0.2) is 24.2 Å². The maximum atomic E-state index is 11.6. The van der Waals surface area contributed by atoms with Crippen LogP contribution in [0.4, 0.5) is 0 Å². The Labute approximate surface area is 99.4 Å². The van der Waals surface area contributed by atoms with Gasteiger partial charge in [0.25, 0.3) is 0 Å². The van der Waals surface area contributed by atoms with Crippen LogP contribution in [-0.2, 0) is 16.0 Å². The molecule has 0 saturated heterocycles. The molecular formula is C12H13ClO3. The van der Waals surface area contributed by atoms with Gasteiger partial charge in [-0.15, -0.1) is 11.6 Å². The number of Topliss-reactive ketones (excluding diaryl/α,β-unsaturated/α-hetero) is 1. The minimum Gasteiger partial charge on any atom is -0.469 e. The third-order valence-corrected chi connectivity index (χ3v) is 2.35. The fourth-order valence-electron chi connectivity index (χ4n) is 1.30. The largest absolute Gasteiger partial charge is 0.469 e. The van der Waals surface area contributed by atoms with Gasteiger partial charge in [-0.05, 0) is 18.6 Å². The predicted molar refractivity (Wildman–Crippen MR) is 61.8 cm³/mol. The van der Waals surface area contributed by atoms with Crippen molar-refractivity contribution in [3.63, 3.8) is 0 Å². The number of esters is 1. The van der Waals surface area contributed by atoms with E-state index in [0.717, 1.165) is 5.56 Å². The molecule has 0 bridgehead atoms. The van der Waals surface area contributed by atoms with Gasteiger partial charge < -0.3 is 4.74 Å².